The number of nitrogens with zero attached hydrogens (tertiary/aromatic N) is 4. The molecule has 7 nitrogen and oxygen atoms in total. The lowest BCUT2D eigenvalue weighted by Crippen LogP contribution is -2.14. The molecule has 1 N–H and O–H groups in total. The van der Waals surface area contributed by atoms with Crippen molar-refractivity contribution in [2.24, 2.45) is 7.05 Å². The summed E-state index contributed by atoms with van der Waals surface area (Å²) in [6.45, 7) is 2.08. The number of carbonyl (C=O) groups excluding carboxylic acids is 1. The minimum atomic E-state index is -0.104. The van der Waals surface area contributed by atoms with Gasteiger partial charge in [0.05, 0.1) is 23.1 Å². The summed E-state index contributed by atoms with van der Waals surface area (Å²) in [7, 11) is 3.52. The van der Waals surface area contributed by atoms with Gasteiger partial charge >= 0.3 is 0 Å². The predicted molar refractivity (Wildman–Crippen MR) is 142 cm³/mol. The van der Waals surface area contributed by atoms with Gasteiger partial charge in [0.1, 0.15) is 10.8 Å². The van der Waals surface area contributed by atoms with E-state index in [1.165, 1.54) is 22.0 Å². The van der Waals surface area contributed by atoms with Crippen molar-refractivity contribution in [3.05, 3.63) is 72.3 Å². The minimum absolute atomic E-state index is 0.104. The highest BCUT2D eigenvalue weighted by Crippen LogP contribution is 2.31. The number of rotatable bonds is 7. The van der Waals surface area contributed by atoms with E-state index in [1.807, 2.05) is 66.2 Å². The van der Waals surface area contributed by atoms with E-state index >= 15 is 0 Å². The van der Waals surface area contributed by atoms with Gasteiger partial charge in [-0.25, -0.2) is 4.98 Å². The van der Waals surface area contributed by atoms with Crippen LogP contribution in [-0.4, -0.2) is 38.5 Å². The van der Waals surface area contributed by atoms with E-state index in [0.29, 0.717) is 5.16 Å². The number of hydrogen-bond donors (Lipinski definition) is 1. The molecule has 0 saturated heterocycles. The maximum Gasteiger partial charge on any atom is 0.234 e. The van der Waals surface area contributed by atoms with Crippen LogP contribution in [0.25, 0.3) is 32.2 Å². The molecular formula is C26H23N5O2S2. The molecule has 0 aliphatic rings. The third kappa shape index (κ3) is 5.06. The molecule has 176 valence electrons. The first-order valence-electron chi connectivity index (χ1n) is 10.9. The number of hydrogen-bond acceptors (Lipinski definition) is 7. The molecule has 0 unspecified atom stereocenters. The second-order valence-corrected chi connectivity index (χ2v) is 9.97. The Balaban J connectivity index is 1.20. The van der Waals surface area contributed by atoms with Crippen molar-refractivity contribution in [1.82, 2.24) is 19.7 Å². The molecule has 5 aromatic rings. The molecule has 0 saturated carbocycles. The van der Waals surface area contributed by atoms with E-state index in [4.69, 9.17) is 9.72 Å². The summed E-state index contributed by atoms with van der Waals surface area (Å²) < 4.78 is 8.26. The summed E-state index contributed by atoms with van der Waals surface area (Å²) in [5, 5.41) is 13.1. The van der Waals surface area contributed by atoms with Crippen molar-refractivity contribution < 1.29 is 9.53 Å². The van der Waals surface area contributed by atoms with Crippen LogP contribution in [-0.2, 0) is 11.8 Å². The summed E-state index contributed by atoms with van der Waals surface area (Å²) in [4.78, 5) is 17.3. The average Bonchev–Trinajstić information content (AvgIpc) is 3.46. The Morgan fingerprint density at radius 2 is 1.77 bits per heavy atom. The summed E-state index contributed by atoms with van der Waals surface area (Å²) in [6.07, 6.45) is 0. The van der Waals surface area contributed by atoms with Crippen LogP contribution in [0.4, 0.5) is 5.69 Å². The van der Waals surface area contributed by atoms with E-state index in [-0.39, 0.29) is 11.7 Å². The van der Waals surface area contributed by atoms with Crippen LogP contribution in [0.5, 0.6) is 5.75 Å². The van der Waals surface area contributed by atoms with Crippen molar-refractivity contribution in [3.63, 3.8) is 0 Å². The Morgan fingerprint density at radius 3 is 2.51 bits per heavy atom. The number of benzene rings is 3. The van der Waals surface area contributed by atoms with Crippen LogP contribution < -0.4 is 10.1 Å². The lowest BCUT2D eigenvalue weighted by molar-refractivity contribution is -0.113. The quantitative estimate of drug-likeness (QED) is 0.284. The lowest BCUT2D eigenvalue weighted by atomic mass is 10.2. The van der Waals surface area contributed by atoms with Crippen molar-refractivity contribution in [2.45, 2.75) is 12.1 Å². The smallest absolute Gasteiger partial charge is 0.234 e. The second-order valence-electron chi connectivity index (χ2n) is 8.00. The first kappa shape index (κ1) is 23.1. The number of carbonyl (C=O) groups is 1. The lowest BCUT2D eigenvalue weighted by Gasteiger charge is -2.07. The SMILES string of the molecule is COc1ccc(-c2nnc(SCC(=O)Nc3ccc(-c4nc5ccc(C)cc5s4)cc3)n2C)cc1. The number of methoxy groups -OCH3 is 1. The van der Waals surface area contributed by atoms with Crippen molar-refractivity contribution in [3.8, 4) is 27.7 Å². The normalized spacial score (nSPS) is 11.1. The first-order chi connectivity index (χ1) is 17.0. The Labute approximate surface area is 211 Å². The number of nitrogens with one attached hydrogen (secondary N) is 1. The molecule has 9 heteroatoms. The third-order valence-corrected chi connectivity index (χ3v) is 7.56. The number of thiazole rings is 1. The number of ether oxygens (including phenoxy) is 1. The van der Waals surface area contributed by atoms with Crippen LogP contribution in [0.3, 0.4) is 0 Å². The van der Waals surface area contributed by atoms with Gasteiger partial charge in [0, 0.05) is 23.9 Å². The number of aromatic nitrogens is 4. The van der Waals surface area contributed by atoms with Gasteiger partial charge in [-0.3, -0.25) is 4.79 Å². The largest absolute Gasteiger partial charge is 0.497 e. The zero-order valence-corrected chi connectivity index (χ0v) is 21.1. The van der Waals surface area contributed by atoms with Crippen LogP contribution in [0.1, 0.15) is 5.56 Å². The van der Waals surface area contributed by atoms with Gasteiger partial charge in [0.15, 0.2) is 11.0 Å². The molecule has 3 aromatic carbocycles. The molecule has 5 rings (SSSR count). The molecule has 0 fully saturated rings. The second kappa shape index (κ2) is 9.89. The Hall–Kier alpha value is -3.69. The van der Waals surface area contributed by atoms with E-state index in [2.05, 4.69) is 34.6 Å². The van der Waals surface area contributed by atoms with E-state index < -0.39 is 0 Å². The van der Waals surface area contributed by atoms with Crippen LogP contribution >= 0.6 is 23.1 Å². The topological polar surface area (TPSA) is 81.9 Å². The maximum absolute atomic E-state index is 12.5. The van der Waals surface area contributed by atoms with Crippen LogP contribution in [0.2, 0.25) is 0 Å². The standard InChI is InChI=1S/C26H23N5O2S2/c1-16-4-13-21-22(14-16)35-25(28-21)18-5-9-19(10-6-18)27-23(32)15-34-26-30-29-24(31(26)2)17-7-11-20(33-3)12-8-17/h4-14H,15H2,1-3H3,(H,27,32). The molecule has 0 radical (unpaired) electrons. The van der Waals surface area contributed by atoms with Crippen LogP contribution in [0.15, 0.2) is 71.9 Å². The predicted octanol–water partition coefficient (Wildman–Crippen LogP) is 5.81. The Kier molecular flexibility index (Phi) is 6.52. The van der Waals surface area contributed by atoms with E-state index in [1.54, 1.807) is 18.4 Å². The fourth-order valence-corrected chi connectivity index (χ4v) is 5.39. The minimum Gasteiger partial charge on any atom is -0.497 e. The number of aryl methyl sites for hydroxylation is 1. The summed E-state index contributed by atoms with van der Waals surface area (Å²) in [5.74, 6) is 1.64. The highest BCUT2D eigenvalue weighted by atomic mass is 32.2. The fraction of sp³-hybridized carbons (Fsp3) is 0.154. The fourth-order valence-electron chi connectivity index (χ4n) is 3.61. The van der Waals surface area contributed by atoms with Crippen molar-refractivity contribution in [1.29, 1.82) is 0 Å². The number of amides is 1. The van der Waals surface area contributed by atoms with Crippen molar-refractivity contribution in [2.75, 3.05) is 18.2 Å². The van der Waals surface area contributed by atoms with Gasteiger partial charge < -0.3 is 14.6 Å². The molecule has 0 aliphatic heterocycles. The first-order valence-corrected chi connectivity index (χ1v) is 12.7. The summed E-state index contributed by atoms with van der Waals surface area (Å²) >= 11 is 3.02. The molecule has 2 heterocycles. The monoisotopic (exact) mass is 501 g/mol. The summed E-state index contributed by atoms with van der Waals surface area (Å²) in [6, 6.07) is 21.7. The molecule has 0 bridgehead atoms. The number of anilines is 1. The van der Waals surface area contributed by atoms with Gasteiger partial charge in [-0.2, -0.15) is 0 Å². The van der Waals surface area contributed by atoms with Crippen LogP contribution in [0, 0.1) is 6.92 Å². The van der Waals surface area contributed by atoms with E-state index in [9.17, 15) is 4.79 Å². The average molecular weight is 502 g/mol. The van der Waals surface area contributed by atoms with Gasteiger partial charge in [-0.15, -0.1) is 21.5 Å². The maximum atomic E-state index is 12.5. The molecule has 0 spiro atoms. The molecule has 1 amide bonds. The van der Waals surface area contributed by atoms with Gasteiger partial charge in [0.25, 0.3) is 0 Å². The molecular weight excluding hydrogens is 478 g/mol. The van der Waals surface area contributed by atoms with Gasteiger partial charge in [-0.1, -0.05) is 17.8 Å². The molecule has 2 aromatic heterocycles. The Bertz CT molecular complexity index is 1490. The van der Waals surface area contributed by atoms with Crippen molar-refractivity contribution >= 4 is 44.9 Å². The zero-order valence-electron chi connectivity index (χ0n) is 19.5. The zero-order chi connectivity index (χ0) is 24.4. The number of fused-ring (bicyclic) bond motifs is 1. The van der Waals surface area contributed by atoms with Gasteiger partial charge in [0.2, 0.25) is 5.91 Å². The summed E-state index contributed by atoms with van der Waals surface area (Å²) in [5.41, 5.74) is 4.93. The number of thioether (sulfide) groups is 1. The van der Waals surface area contributed by atoms with Gasteiger partial charge in [-0.05, 0) is 73.2 Å². The molecule has 0 atom stereocenters. The Morgan fingerprint density at radius 1 is 1.03 bits per heavy atom. The molecule has 35 heavy (non-hydrogen) atoms. The molecule has 0 aliphatic carbocycles. The highest BCUT2D eigenvalue weighted by Gasteiger charge is 2.14. The highest BCUT2D eigenvalue weighted by molar-refractivity contribution is 7.99. The van der Waals surface area contributed by atoms with E-state index in [0.717, 1.165) is 38.9 Å². The third-order valence-electron chi connectivity index (χ3n) is 5.48.